The van der Waals surface area contributed by atoms with Crippen LogP contribution in [0, 0.1) is 0 Å². The first kappa shape index (κ1) is 16.7. The molecule has 3 rings (SSSR count). The van der Waals surface area contributed by atoms with Crippen molar-refractivity contribution in [2.45, 2.75) is 5.33 Å². The number of pyridine rings is 1. The zero-order valence-corrected chi connectivity index (χ0v) is 15.5. The Morgan fingerprint density at radius 3 is 2.35 bits per heavy atom. The molecule has 0 saturated heterocycles. The van der Waals surface area contributed by atoms with Crippen LogP contribution in [0.2, 0.25) is 15.1 Å². The minimum atomic E-state index is 0.447. The Labute approximate surface area is 156 Å². The van der Waals surface area contributed by atoms with E-state index in [2.05, 4.69) is 20.9 Å². The van der Waals surface area contributed by atoms with Gasteiger partial charge in [0.15, 0.2) is 6.29 Å². The number of aromatic nitrogens is 1. The molecule has 0 aliphatic carbocycles. The first-order valence-electron chi connectivity index (χ1n) is 6.64. The van der Waals surface area contributed by atoms with Gasteiger partial charge in [-0.1, -0.05) is 62.9 Å². The van der Waals surface area contributed by atoms with Crippen molar-refractivity contribution in [3.8, 4) is 11.3 Å². The van der Waals surface area contributed by atoms with Gasteiger partial charge < -0.3 is 0 Å². The van der Waals surface area contributed by atoms with E-state index in [0.29, 0.717) is 37.2 Å². The molecule has 0 radical (unpaired) electrons. The third kappa shape index (κ3) is 3.11. The molecule has 0 amide bonds. The Hall–Kier alpha value is -1.13. The summed E-state index contributed by atoms with van der Waals surface area (Å²) in [5.41, 5.74) is 3.30. The number of aldehydes is 1. The zero-order chi connectivity index (χ0) is 16.6. The van der Waals surface area contributed by atoms with Crippen molar-refractivity contribution in [2.75, 3.05) is 0 Å². The monoisotopic (exact) mass is 427 g/mol. The van der Waals surface area contributed by atoms with E-state index < -0.39 is 0 Å². The standard InChI is InChI=1S/C17H9BrCl3NO/c18-7-13-12-5-11(20)6-15(21)17(12)22-16(14(13)8-23)9-1-3-10(19)4-2-9/h1-6,8H,7H2. The van der Waals surface area contributed by atoms with E-state index >= 15 is 0 Å². The molecule has 0 N–H and O–H groups in total. The highest BCUT2D eigenvalue weighted by Crippen LogP contribution is 2.35. The fourth-order valence-corrected chi connectivity index (χ4v) is 3.73. The van der Waals surface area contributed by atoms with Crippen molar-refractivity contribution in [2.24, 2.45) is 0 Å². The fourth-order valence-electron chi connectivity index (χ4n) is 2.47. The average Bonchev–Trinajstić information content (AvgIpc) is 2.54. The number of halogens is 4. The number of rotatable bonds is 3. The summed E-state index contributed by atoms with van der Waals surface area (Å²) in [6.07, 6.45) is 0.807. The van der Waals surface area contributed by atoms with Crippen LogP contribution in [0.25, 0.3) is 22.2 Å². The average molecular weight is 430 g/mol. The Balaban J connectivity index is 2.42. The fraction of sp³-hybridized carbons (Fsp3) is 0.0588. The number of hydrogen-bond donors (Lipinski definition) is 0. The molecular formula is C17H9BrCl3NO. The molecule has 0 aliphatic rings. The van der Waals surface area contributed by atoms with Crippen LogP contribution in [0.1, 0.15) is 15.9 Å². The molecular weight excluding hydrogens is 420 g/mol. The van der Waals surface area contributed by atoms with Gasteiger partial charge in [-0.2, -0.15) is 0 Å². The lowest BCUT2D eigenvalue weighted by Crippen LogP contribution is -2.00. The van der Waals surface area contributed by atoms with E-state index in [1.807, 2.05) is 12.1 Å². The largest absolute Gasteiger partial charge is 0.298 e. The predicted molar refractivity (Wildman–Crippen MR) is 100 cm³/mol. The van der Waals surface area contributed by atoms with E-state index in [-0.39, 0.29) is 0 Å². The molecule has 0 aliphatic heterocycles. The van der Waals surface area contributed by atoms with Gasteiger partial charge in [0.25, 0.3) is 0 Å². The van der Waals surface area contributed by atoms with Gasteiger partial charge in [0, 0.05) is 31.9 Å². The van der Waals surface area contributed by atoms with Crippen LogP contribution in [-0.4, -0.2) is 11.3 Å². The van der Waals surface area contributed by atoms with Crippen molar-refractivity contribution in [1.82, 2.24) is 4.98 Å². The number of alkyl halides is 1. The summed E-state index contributed by atoms with van der Waals surface area (Å²) in [4.78, 5) is 16.3. The number of carbonyl (C=O) groups is 1. The van der Waals surface area contributed by atoms with E-state index in [0.717, 1.165) is 22.8 Å². The van der Waals surface area contributed by atoms with Gasteiger partial charge in [-0.05, 0) is 29.8 Å². The minimum absolute atomic E-state index is 0.447. The molecule has 0 bridgehead atoms. The molecule has 1 aromatic heterocycles. The first-order valence-corrected chi connectivity index (χ1v) is 8.89. The van der Waals surface area contributed by atoms with Crippen LogP contribution in [0.3, 0.4) is 0 Å². The van der Waals surface area contributed by atoms with Crippen LogP contribution in [0.5, 0.6) is 0 Å². The third-order valence-corrected chi connectivity index (χ3v) is 4.85. The molecule has 0 fully saturated rings. The highest BCUT2D eigenvalue weighted by atomic mass is 79.9. The highest BCUT2D eigenvalue weighted by Gasteiger charge is 2.17. The van der Waals surface area contributed by atoms with Crippen molar-refractivity contribution in [3.63, 3.8) is 0 Å². The van der Waals surface area contributed by atoms with E-state index in [4.69, 9.17) is 34.8 Å². The quantitative estimate of drug-likeness (QED) is 0.348. The lowest BCUT2D eigenvalue weighted by atomic mass is 9.98. The Bertz CT molecular complexity index is 910. The third-order valence-electron chi connectivity index (χ3n) is 3.53. The topological polar surface area (TPSA) is 30.0 Å². The van der Waals surface area contributed by atoms with Crippen molar-refractivity contribution in [1.29, 1.82) is 0 Å². The predicted octanol–water partition coefficient (Wildman–Crippen LogP) is 6.57. The van der Waals surface area contributed by atoms with Crippen LogP contribution < -0.4 is 0 Å². The summed E-state index contributed by atoms with van der Waals surface area (Å²) in [7, 11) is 0. The molecule has 2 aromatic carbocycles. The van der Waals surface area contributed by atoms with Crippen LogP contribution in [0.15, 0.2) is 36.4 Å². The van der Waals surface area contributed by atoms with Crippen molar-refractivity contribution >= 4 is 67.9 Å². The van der Waals surface area contributed by atoms with Crippen LogP contribution in [0.4, 0.5) is 0 Å². The molecule has 23 heavy (non-hydrogen) atoms. The van der Waals surface area contributed by atoms with Crippen LogP contribution in [-0.2, 0) is 5.33 Å². The molecule has 0 unspecified atom stereocenters. The van der Waals surface area contributed by atoms with Gasteiger partial charge in [0.2, 0.25) is 0 Å². The molecule has 0 saturated carbocycles. The van der Waals surface area contributed by atoms with E-state index in [1.165, 1.54) is 0 Å². The summed E-state index contributed by atoms with van der Waals surface area (Å²) in [6, 6.07) is 10.6. The normalized spacial score (nSPS) is 11.0. The second-order valence-electron chi connectivity index (χ2n) is 4.89. The van der Waals surface area contributed by atoms with Gasteiger partial charge in [-0.25, -0.2) is 4.98 Å². The summed E-state index contributed by atoms with van der Waals surface area (Å²) < 4.78 is 0. The Kier molecular flexibility index (Phi) is 4.93. The van der Waals surface area contributed by atoms with Crippen LogP contribution >= 0.6 is 50.7 Å². The maximum atomic E-state index is 11.7. The minimum Gasteiger partial charge on any atom is -0.298 e. The van der Waals surface area contributed by atoms with Gasteiger partial charge in [0.1, 0.15) is 0 Å². The maximum Gasteiger partial charge on any atom is 0.152 e. The van der Waals surface area contributed by atoms with Gasteiger partial charge >= 0.3 is 0 Å². The Morgan fingerprint density at radius 1 is 1.04 bits per heavy atom. The molecule has 0 atom stereocenters. The molecule has 116 valence electrons. The number of hydrogen-bond acceptors (Lipinski definition) is 2. The molecule has 1 heterocycles. The van der Waals surface area contributed by atoms with Crippen molar-refractivity contribution in [3.05, 3.63) is 62.6 Å². The first-order chi connectivity index (χ1) is 11.0. The smallest absolute Gasteiger partial charge is 0.152 e. The summed E-state index contributed by atoms with van der Waals surface area (Å²) >= 11 is 21.8. The second-order valence-corrected chi connectivity index (χ2v) is 6.74. The summed E-state index contributed by atoms with van der Waals surface area (Å²) in [6.45, 7) is 0. The molecule has 3 aromatic rings. The molecule has 6 heteroatoms. The number of carbonyl (C=O) groups excluding carboxylic acids is 1. The second kappa shape index (κ2) is 6.78. The number of nitrogens with zero attached hydrogens (tertiary/aromatic N) is 1. The summed E-state index contributed by atoms with van der Waals surface area (Å²) in [5.74, 6) is 0. The van der Waals surface area contributed by atoms with Crippen molar-refractivity contribution < 1.29 is 4.79 Å². The molecule has 0 spiro atoms. The van der Waals surface area contributed by atoms with Gasteiger partial charge in [-0.3, -0.25) is 4.79 Å². The lowest BCUT2D eigenvalue weighted by molar-refractivity contribution is 0.112. The maximum absolute atomic E-state index is 11.7. The molecule has 2 nitrogen and oxygen atoms in total. The van der Waals surface area contributed by atoms with Gasteiger partial charge in [0.05, 0.1) is 16.2 Å². The van der Waals surface area contributed by atoms with Gasteiger partial charge in [-0.15, -0.1) is 0 Å². The van der Waals surface area contributed by atoms with E-state index in [1.54, 1.807) is 24.3 Å². The zero-order valence-electron chi connectivity index (χ0n) is 11.6. The summed E-state index contributed by atoms with van der Waals surface area (Å²) in [5, 5.41) is 2.81. The van der Waals surface area contributed by atoms with E-state index in [9.17, 15) is 4.79 Å². The number of fused-ring (bicyclic) bond motifs is 1. The highest BCUT2D eigenvalue weighted by molar-refractivity contribution is 9.08. The number of benzene rings is 2. The Morgan fingerprint density at radius 2 is 1.74 bits per heavy atom. The lowest BCUT2D eigenvalue weighted by Gasteiger charge is -2.13. The SMILES string of the molecule is O=Cc1c(-c2ccc(Cl)cc2)nc2c(Cl)cc(Cl)cc2c1CBr.